The molecule has 0 aromatic heterocycles. The highest BCUT2D eigenvalue weighted by molar-refractivity contribution is 7.99. The largest absolute Gasteiger partial charge is 0.455 e. The van der Waals surface area contributed by atoms with Crippen molar-refractivity contribution in [2.75, 3.05) is 57.7 Å². The first-order valence-corrected chi connectivity index (χ1v) is 48.6. The van der Waals surface area contributed by atoms with Crippen molar-refractivity contribution in [2.24, 2.45) is 22.7 Å². The Labute approximate surface area is 827 Å². The predicted molar refractivity (Wildman–Crippen MR) is 472 cm³/mol. The normalized spacial score (nSPS) is 44.2. The van der Waals surface area contributed by atoms with E-state index >= 15 is 9.59 Å². The second-order valence-electron chi connectivity index (χ2n) is 39.9. The molecule has 2 amide bonds. The lowest BCUT2D eigenvalue weighted by atomic mass is 9.44. The van der Waals surface area contributed by atoms with Crippen LogP contribution in [0.15, 0.2) is 71.8 Å². The van der Waals surface area contributed by atoms with Crippen molar-refractivity contribution in [2.45, 2.75) is 363 Å². The molecule has 0 spiro atoms. The number of ether oxygens (including phenoxy) is 20. The van der Waals surface area contributed by atoms with Crippen LogP contribution in [0.1, 0.15) is 110 Å². The van der Waals surface area contributed by atoms with E-state index in [2.05, 4.69) is 10.6 Å². The van der Waals surface area contributed by atoms with Gasteiger partial charge in [0.15, 0.2) is 55.4 Å². The number of hydrogen-bond acceptors (Lipinski definition) is 50. The molecule has 25 aliphatic rings. The summed E-state index contributed by atoms with van der Waals surface area (Å²) in [7, 11) is 0. The molecule has 16 bridgehead atoms. The third kappa shape index (κ3) is 22.1. The van der Waals surface area contributed by atoms with Crippen LogP contribution in [0.5, 0.6) is 0 Å². The van der Waals surface area contributed by atoms with Crippen LogP contribution in [-0.2, 0) is 119 Å². The van der Waals surface area contributed by atoms with Gasteiger partial charge >= 0.3 is 30.0 Å². The molecule has 22 heterocycles. The minimum atomic E-state index is -2.66. The summed E-state index contributed by atoms with van der Waals surface area (Å²) in [6.45, 7) is 6.81. The first kappa shape index (κ1) is 113. The van der Waals surface area contributed by atoms with Crippen LogP contribution < -0.4 is 10.6 Å². The number of nitrogens with one attached hydrogen (secondary N) is 2. The molecular weight excluding hydrogens is 1950 g/mol. The second kappa shape index (κ2) is 45.9. The van der Waals surface area contributed by atoms with Gasteiger partial charge in [0.05, 0.1) is 74.8 Å². The van der Waals surface area contributed by atoms with Crippen molar-refractivity contribution >= 4 is 53.4 Å². The smallest absolute Gasteiger partial charge is 0.408 e. The van der Waals surface area contributed by atoms with Gasteiger partial charge in [-0.2, -0.15) is 11.8 Å². The molecular formula is C92H132N2O49S. The lowest BCUT2D eigenvalue weighted by molar-refractivity contribution is -0.395. The monoisotopic (exact) mass is 2080 g/mol. The molecule has 22 saturated heterocycles. The third-order valence-corrected chi connectivity index (χ3v) is 30.4. The minimum Gasteiger partial charge on any atom is -0.455 e. The number of benzene rings is 2. The van der Waals surface area contributed by atoms with Crippen LogP contribution in [0.25, 0.3) is 0 Å². The van der Waals surface area contributed by atoms with Gasteiger partial charge < -0.3 is 218 Å². The van der Waals surface area contributed by atoms with Gasteiger partial charge in [0.25, 0.3) is 0 Å². The van der Waals surface area contributed by atoms with E-state index in [1.807, 2.05) is 0 Å². The average Bonchev–Trinajstić information content (AvgIpc) is 0.666. The SMILES string of the molecule is CCC(CSCC1O[C@@H]2O[C@@H]3C(CO)O[C@H](O[C@@H]4C(CO)O[C@H](O[C@@H]5C(CO)O[C@H](O[C@@H]6C(C)O[C@H](O[C@@H]7C(CO)O[C@H](O[C@@H]8C(CO)O[C@H](O[C@H]1[C@H](O)C2O)C(O)[C@H]8O)C(O)[C@H]7O)C(O)[C@H]6O)C(O)[C@H]5O)C(O)[C@H]4O)C(O)[C@H]3O)C(=O)NCC(=O)O[C@@H](C(=O)O[C@H]1C[C@@]2(O)[C@@H](OC(=O)c3ccccc3)[C@@H]3[C@]4(OC(C)=O)CO[C@@H]4C[C@H](O)[C@@]3(C)C(=O)[C@H](O)C(=C1C)C2(C)C)[C@@H](NC(=O)OC(C)(C)C)c1ccccc1. The fourth-order valence-corrected chi connectivity index (χ4v) is 22.5. The zero-order valence-electron chi connectivity index (χ0n) is 79.9. The zero-order valence-corrected chi connectivity index (χ0v) is 80.7. The Hall–Kier alpha value is -6.66. The van der Waals surface area contributed by atoms with Crippen LogP contribution in [0.3, 0.4) is 0 Å². The lowest BCUT2D eigenvalue weighted by Crippen LogP contribution is -2.81. The van der Waals surface area contributed by atoms with Crippen LogP contribution in [0, 0.1) is 22.7 Å². The Morgan fingerprint density at radius 2 is 0.924 bits per heavy atom. The molecule has 0 radical (unpaired) electrons. The number of amides is 2. The topological polar surface area (TPSA) is 773 Å². The maximum absolute atomic E-state index is 15.8. The van der Waals surface area contributed by atoms with Crippen LogP contribution in [-0.4, -0.2) is 480 Å². The van der Waals surface area contributed by atoms with Gasteiger partial charge in [-0.05, 0) is 76.8 Å². The van der Waals surface area contributed by atoms with Gasteiger partial charge in [-0.1, -0.05) is 69.3 Å². The van der Waals surface area contributed by atoms with E-state index in [4.69, 9.17) is 94.7 Å². The van der Waals surface area contributed by atoms with Crippen molar-refractivity contribution in [1.29, 1.82) is 0 Å². The number of fused-ring (bicyclic) bond motifs is 5. The van der Waals surface area contributed by atoms with Crippen molar-refractivity contribution in [3.05, 3.63) is 82.9 Å². The number of ketones is 1. The molecule has 27 rings (SSSR count). The van der Waals surface area contributed by atoms with E-state index < -0.39 is 397 Å². The number of esters is 4. The second-order valence-corrected chi connectivity index (χ2v) is 40.9. The van der Waals surface area contributed by atoms with Crippen molar-refractivity contribution in [1.82, 2.24) is 10.6 Å². The maximum atomic E-state index is 15.8. The molecule has 52 heteroatoms. The average molecular weight is 2080 g/mol. The van der Waals surface area contributed by atoms with Crippen LogP contribution >= 0.6 is 11.8 Å². The summed E-state index contributed by atoms with van der Waals surface area (Å²) in [6.07, 6.45) is -86.4. The fourth-order valence-electron chi connectivity index (χ4n) is 21.2. The minimum absolute atomic E-state index is 0.0611. The Morgan fingerprint density at radius 3 is 1.32 bits per heavy atom. The molecule has 3 aliphatic carbocycles. The van der Waals surface area contributed by atoms with E-state index in [1.165, 1.54) is 104 Å². The van der Waals surface area contributed by atoms with E-state index in [1.54, 1.807) is 19.1 Å². The van der Waals surface area contributed by atoms with E-state index in [0.717, 1.165) is 18.7 Å². The molecule has 810 valence electrons. The number of carbonyl (C=O) groups is 7. The third-order valence-electron chi connectivity index (χ3n) is 29.2. The van der Waals surface area contributed by atoms with Gasteiger partial charge in [0.1, 0.15) is 207 Å². The summed E-state index contributed by atoms with van der Waals surface area (Å²) in [4.78, 5) is 103. The summed E-state index contributed by atoms with van der Waals surface area (Å²) in [5, 5.41) is 263. The molecule has 24 fully saturated rings. The number of aliphatic hydroxyl groups excluding tert-OH is 21. The Morgan fingerprint density at radius 1 is 0.528 bits per heavy atom. The summed E-state index contributed by atoms with van der Waals surface area (Å²) >= 11 is 0.835. The first-order valence-electron chi connectivity index (χ1n) is 47.4. The number of alkyl carbamates (subject to hydrolysis) is 1. The number of hydrogen-bond donors (Lipinski definition) is 24. The summed E-state index contributed by atoms with van der Waals surface area (Å²) in [5.41, 5.74) is -10.3. The number of thioether (sulfide) groups is 1. The highest BCUT2D eigenvalue weighted by Gasteiger charge is 2.79. The highest BCUT2D eigenvalue weighted by Crippen LogP contribution is 2.65. The maximum Gasteiger partial charge on any atom is 0.408 e. The van der Waals surface area contributed by atoms with E-state index in [-0.39, 0.29) is 40.9 Å². The summed E-state index contributed by atoms with van der Waals surface area (Å²) in [6, 6.07) is 13.0. The van der Waals surface area contributed by atoms with Gasteiger partial charge in [0.2, 0.25) is 12.0 Å². The molecule has 2 aromatic carbocycles. The molecule has 144 heavy (non-hydrogen) atoms. The summed E-state index contributed by atoms with van der Waals surface area (Å²) in [5.74, 6) is -10.6. The number of Topliss-reactive ketones (excluding diaryl/α,β-unsaturated/α-hetero) is 1. The van der Waals surface area contributed by atoms with E-state index in [9.17, 15) is 136 Å². The molecule has 22 aliphatic heterocycles. The standard InChI is InChI=1S/C92H132N2O49S/c1-11-36(77(119)93-24-48(102)133-73(50(37-18-14-12-15-19-37)94-87(122)143-88(5,6)7)79(121)126-39-23-92(123)76(141-78(120)38-20-16-13-17-21-38)74-90(10,75(118)51(103)49(33(39)2)89(92,8)9)46(101)22-47-91(74,32-124-47)142-35(4)100)30-144-31-45-72-58(110)65(117)86(132-45)139-71-44(29-99)130-84(63(115)56(71)108)137-69-42(27-97)129-83(62(114)55(69)107)136-68-41(26-96)127-81(60(112)53(68)105)134-66-34(3)125-80(59(111)52(66)104)135-67-40(25-95)128-82(61(113)54(67)106)138-70-43(28-98)131-85(140-72)64(116)57(70)109/h12-21,34,36,39-47,50-74,76,80-86,95-99,101,103-117,123H,11,22-32H2,1-10H3,(H,93,119)(H,94,122)/t34?,36?,39-,40?,41?,42?,43?,44?,45?,46-,47+,50-,51+,52+,53+,54+,55+,56+,57+,58+,59?,60?,61?,62?,63?,64?,65?,66+,67+,68+,69+,70+,71+,72+,73+,74-,76-,80+,81+,82+,83+,84+,85+,86+,90+,91-,92+/m0/s1. The lowest BCUT2D eigenvalue weighted by Gasteiger charge is -2.67. The Bertz CT molecular complexity index is 4730. The van der Waals surface area contributed by atoms with Crippen LogP contribution in [0.2, 0.25) is 0 Å². The van der Waals surface area contributed by atoms with Crippen molar-refractivity contribution < 1.29 is 241 Å². The van der Waals surface area contributed by atoms with Gasteiger partial charge in [-0.25, -0.2) is 14.4 Å². The first-order chi connectivity index (χ1) is 68.0. The molecule has 2 saturated carbocycles. The van der Waals surface area contributed by atoms with E-state index in [0.29, 0.717) is 0 Å². The quantitative estimate of drug-likeness (QED) is 0.0296. The van der Waals surface area contributed by atoms with Crippen molar-refractivity contribution in [3.8, 4) is 0 Å². The van der Waals surface area contributed by atoms with Crippen molar-refractivity contribution in [3.63, 3.8) is 0 Å². The number of aliphatic hydroxyl groups is 22. The van der Waals surface area contributed by atoms with Gasteiger partial charge in [0, 0.05) is 42.6 Å². The molecule has 2 aromatic rings. The number of carbonyl (C=O) groups excluding carboxylic acids is 7. The summed E-state index contributed by atoms with van der Waals surface area (Å²) < 4.78 is 120. The molecule has 24 N–H and O–H groups in total. The Balaban J connectivity index is 0.728. The molecule has 47 atom stereocenters. The Kier molecular flexibility index (Phi) is 36.0. The molecule has 15 unspecified atom stereocenters. The highest BCUT2D eigenvalue weighted by atomic mass is 32.2. The molecule has 51 nitrogen and oxygen atoms in total. The van der Waals surface area contributed by atoms with Gasteiger partial charge in [-0.15, -0.1) is 0 Å². The fraction of sp³-hybridized carbons (Fsp3) is 0.772. The van der Waals surface area contributed by atoms with Gasteiger partial charge in [-0.3, -0.25) is 19.2 Å². The zero-order chi connectivity index (χ0) is 105. The predicted octanol–water partition coefficient (Wildman–Crippen LogP) is -9.50. The number of rotatable bonds is 22. The van der Waals surface area contributed by atoms with Crippen LogP contribution in [0.4, 0.5) is 4.79 Å².